The molecular formula is C23H30FN7O. The molecule has 0 radical (unpaired) electrons. The van der Waals surface area contributed by atoms with E-state index in [1.165, 1.54) is 12.1 Å². The summed E-state index contributed by atoms with van der Waals surface area (Å²) in [7, 11) is 0. The van der Waals surface area contributed by atoms with Gasteiger partial charge in [-0.3, -0.25) is 9.89 Å². The quantitative estimate of drug-likeness (QED) is 0.451. The van der Waals surface area contributed by atoms with Crippen LogP contribution in [0.4, 0.5) is 4.39 Å². The molecule has 9 heteroatoms. The first-order valence-corrected chi connectivity index (χ1v) is 11.1. The Hall–Kier alpha value is -3.20. The first kappa shape index (κ1) is 22.0. The lowest BCUT2D eigenvalue weighted by molar-refractivity contribution is 0.169. The molecule has 0 atom stereocenters. The fraction of sp³-hybridized carbons (Fsp3) is 0.435. The van der Waals surface area contributed by atoms with Crippen molar-refractivity contribution >= 4 is 5.96 Å². The molecule has 0 saturated carbocycles. The molecule has 0 unspecified atom stereocenters. The molecule has 1 aromatic carbocycles. The molecule has 4 rings (SSSR count). The van der Waals surface area contributed by atoms with E-state index in [-0.39, 0.29) is 5.82 Å². The van der Waals surface area contributed by atoms with Crippen LogP contribution in [0, 0.1) is 12.7 Å². The average molecular weight is 440 g/mol. The maximum absolute atomic E-state index is 13.1. The topological polar surface area (TPSA) is 74.7 Å². The fourth-order valence-electron chi connectivity index (χ4n) is 3.77. The van der Waals surface area contributed by atoms with Gasteiger partial charge in [0, 0.05) is 64.5 Å². The summed E-state index contributed by atoms with van der Waals surface area (Å²) in [5, 5.41) is 12.1. The first-order chi connectivity index (χ1) is 15.6. The van der Waals surface area contributed by atoms with Gasteiger partial charge < -0.3 is 14.7 Å². The Morgan fingerprint density at radius 2 is 1.91 bits per heavy atom. The van der Waals surface area contributed by atoms with E-state index in [1.54, 1.807) is 16.8 Å². The Kier molecular flexibility index (Phi) is 7.16. The number of nitrogens with one attached hydrogen (secondary N) is 1. The van der Waals surface area contributed by atoms with Crippen molar-refractivity contribution in [3.05, 3.63) is 65.6 Å². The lowest BCUT2D eigenvalue weighted by Crippen LogP contribution is -2.52. The highest BCUT2D eigenvalue weighted by Gasteiger charge is 2.20. The number of rotatable bonds is 7. The maximum atomic E-state index is 13.1. The molecule has 2 aromatic heterocycles. The van der Waals surface area contributed by atoms with Gasteiger partial charge in [0.15, 0.2) is 5.96 Å². The first-order valence-electron chi connectivity index (χ1n) is 11.1. The minimum Gasteiger partial charge on any atom is -0.361 e. The molecule has 0 aliphatic carbocycles. The molecule has 3 aromatic rings. The molecule has 0 amide bonds. The zero-order valence-electron chi connectivity index (χ0n) is 18.7. The average Bonchev–Trinajstić information content (AvgIpc) is 3.43. The van der Waals surface area contributed by atoms with Gasteiger partial charge >= 0.3 is 0 Å². The van der Waals surface area contributed by atoms with E-state index >= 15 is 0 Å². The predicted molar refractivity (Wildman–Crippen MR) is 121 cm³/mol. The van der Waals surface area contributed by atoms with Crippen LogP contribution in [0.5, 0.6) is 0 Å². The maximum Gasteiger partial charge on any atom is 0.194 e. The van der Waals surface area contributed by atoms with Gasteiger partial charge in [-0.25, -0.2) is 9.07 Å². The van der Waals surface area contributed by atoms with Gasteiger partial charge in [-0.15, -0.1) is 0 Å². The van der Waals surface area contributed by atoms with E-state index < -0.39 is 0 Å². The SMILES string of the molecule is CCNC(=NCCc1ccn(-c2ccc(F)cc2)n1)N1CCN(Cc2cc(C)on2)CC1. The Balaban J connectivity index is 1.29. The number of hydrogen-bond acceptors (Lipinski definition) is 5. The summed E-state index contributed by atoms with van der Waals surface area (Å²) in [5.74, 6) is 1.55. The summed E-state index contributed by atoms with van der Waals surface area (Å²) in [6.07, 6.45) is 2.64. The van der Waals surface area contributed by atoms with Crippen LogP contribution < -0.4 is 5.32 Å². The number of aromatic nitrogens is 3. The van der Waals surface area contributed by atoms with Crippen LogP contribution in [0.1, 0.15) is 24.1 Å². The lowest BCUT2D eigenvalue weighted by Gasteiger charge is -2.36. The minimum atomic E-state index is -0.250. The van der Waals surface area contributed by atoms with Crippen molar-refractivity contribution < 1.29 is 8.91 Å². The molecule has 3 heterocycles. The largest absolute Gasteiger partial charge is 0.361 e. The fourth-order valence-corrected chi connectivity index (χ4v) is 3.77. The standard InChI is InChI=1S/C23H30FN7O/c1-3-25-23(30-14-12-29(13-15-30)17-21-16-18(2)32-28-21)26-10-8-20-9-11-31(27-20)22-6-4-19(24)5-7-22/h4-7,9,11,16H,3,8,10,12-15,17H2,1-2H3,(H,25,26). The minimum absolute atomic E-state index is 0.250. The second-order valence-corrected chi connectivity index (χ2v) is 7.91. The van der Waals surface area contributed by atoms with Gasteiger partial charge in [-0.05, 0) is 44.2 Å². The van der Waals surface area contributed by atoms with Gasteiger partial charge in [0.2, 0.25) is 0 Å². The van der Waals surface area contributed by atoms with Gasteiger partial charge in [-0.1, -0.05) is 5.16 Å². The Labute approximate surface area is 187 Å². The normalized spacial score (nSPS) is 15.3. The van der Waals surface area contributed by atoms with Crippen molar-refractivity contribution in [2.45, 2.75) is 26.8 Å². The number of aryl methyl sites for hydroxylation is 1. The van der Waals surface area contributed by atoms with Gasteiger partial charge in [-0.2, -0.15) is 5.10 Å². The zero-order valence-corrected chi connectivity index (χ0v) is 18.7. The summed E-state index contributed by atoms with van der Waals surface area (Å²) in [5.41, 5.74) is 2.78. The second kappa shape index (κ2) is 10.4. The van der Waals surface area contributed by atoms with Crippen molar-refractivity contribution in [3.8, 4) is 5.69 Å². The van der Waals surface area contributed by atoms with Crippen LogP contribution >= 0.6 is 0 Å². The van der Waals surface area contributed by atoms with Gasteiger partial charge in [0.1, 0.15) is 11.6 Å². The Bertz CT molecular complexity index is 1020. The van der Waals surface area contributed by atoms with E-state index in [4.69, 9.17) is 9.52 Å². The number of hydrogen-bond donors (Lipinski definition) is 1. The number of halogens is 1. The van der Waals surface area contributed by atoms with Crippen LogP contribution in [0.2, 0.25) is 0 Å². The molecule has 1 N–H and O–H groups in total. The van der Waals surface area contributed by atoms with Crippen LogP contribution in [0.3, 0.4) is 0 Å². The van der Waals surface area contributed by atoms with Crippen LogP contribution in [-0.2, 0) is 13.0 Å². The molecule has 1 fully saturated rings. The van der Waals surface area contributed by atoms with Crippen molar-refractivity contribution in [1.82, 2.24) is 30.1 Å². The molecule has 32 heavy (non-hydrogen) atoms. The van der Waals surface area contributed by atoms with Crippen LogP contribution in [-0.4, -0.2) is 70.0 Å². The lowest BCUT2D eigenvalue weighted by atomic mass is 10.3. The zero-order chi connectivity index (χ0) is 22.3. The number of benzene rings is 1. The third kappa shape index (κ3) is 5.73. The molecule has 1 aliphatic heterocycles. The summed E-state index contributed by atoms with van der Waals surface area (Å²) in [4.78, 5) is 9.52. The molecule has 170 valence electrons. The van der Waals surface area contributed by atoms with E-state index in [0.717, 1.165) is 74.5 Å². The Morgan fingerprint density at radius 1 is 1.12 bits per heavy atom. The van der Waals surface area contributed by atoms with Crippen molar-refractivity contribution in [2.24, 2.45) is 4.99 Å². The van der Waals surface area contributed by atoms with E-state index in [0.29, 0.717) is 6.54 Å². The second-order valence-electron chi connectivity index (χ2n) is 7.91. The van der Waals surface area contributed by atoms with Crippen LogP contribution in [0.15, 0.2) is 52.1 Å². The number of aliphatic imine (C=N–C) groups is 1. The highest BCUT2D eigenvalue weighted by molar-refractivity contribution is 5.80. The molecule has 0 spiro atoms. The molecule has 1 aliphatic rings. The third-order valence-electron chi connectivity index (χ3n) is 5.43. The van der Waals surface area contributed by atoms with Gasteiger partial charge in [0.25, 0.3) is 0 Å². The van der Waals surface area contributed by atoms with Crippen molar-refractivity contribution in [3.63, 3.8) is 0 Å². The van der Waals surface area contributed by atoms with Gasteiger partial charge in [0.05, 0.1) is 17.1 Å². The van der Waals surface area contributed by atoms with Crippen LogP contribution in [0.25, 0.3) is 5.69 Å². The number of piperazine rings is 1. The number of guanidine groups is 1. The predicted octanol–water partition coefficient (Wildman–Crippen LogP) is 2.63. The summed E-state index contributed by atoms with van der Waals surface area (Å²) in [6, 6.07) is 10.3. The molecule has 0 bridgehead atoms. The summed E-state index contributed by atoms with van der Waals surface area (Å²) < 4.78 is 20.1. The molecule has 1 saturated heterocycles. The number of nitrogens with zero attached hydrogens (tertiary/aromatic N) is 6. The highest BCUT2D eigenvalue weighted by Crippen LogP contribution is 2.11. The summed E-state index contributed by atoms with van der Waals surface area (Å²) in [6.45, 7) is 10.1. The molecular weight excluding hydrogens is 409 g/mol. The van der Waals surface area contributed by atoms with Crippen molar-refractivity contribution in [1.29, 1.82) is 0 Å². The van der Waals surface area contributed by atoms with Crippen molar-refractivity contribution in [2.75, 3.05) is 39.3 Å². The smallest absolute Gasteiger partial charge is 0.194 e. The summed E-state index contributed by atoms with van der Waals surface area (Å²) >= 11 is 0. The third-order valence-corrected chi connectivity index (χ3v) is 5.43. The van der Waals surface area contributed by atoms with E-state index in [1.807, 2.05) is 25.3 Å². The Morgan fingerprint density at radius 3 is 2.59 bits per heavy atom. The highest BCUT2D eigenvalue weighted by atomic mass is 19.1. The molecule has 8 nitrogen and oxygen atoms in total. The van der Waals surface area contributed by atoms with E-state index in [2.05, 4.69) is 32.3 Å². The van der Waals surface area contributed by atoms with E-state index in [9.17, 15) is 4.39 Å². The monoisotopic (exact) mass is 439 g/mol.